The maximum absolute atomic E-state index is 4.80. The SMILES string of the molecule is c1cnnc(CN2CCC(c3nnc4ccc(N5CCC5)nn34)CC2)c1. The average Bonchev–Trinajstić information content (AvgIpc) is 3.05. The Morgan fingerprint density at radius 2 is 1.85 bits per heavy atom. The van der Waals surface area contributed by atoms with Crippen LogP contribution in [0.25, 0.3) is 5.65 Å². The van der Waals surface area contributed by atoms with Gasteiger partial charge in [-0.05, 0) is 56.6 Å². The van der Waals surface area contributed by atoms with Crippen molar-refractivity contribution in [2.75, 3.05) is 31.1 Å². The number of likely N-dealkylation sites (tertiary alicyclic amines) is 1. The van der Waals surface area contributed by atoms with Crippen molar-refractivity contribution in [2.24, 2.45) is 0 Å². The van der Waals surface area contributed by atoms with Crippen LogP contribution in [0.5, 0.6) is 0 Å². The summed E-state index contributed by atoms with van der Waals surface area (Å²) in [5, 5.41) is 21.7. The lowest BCUT2D eigenvalue weighted by molar-refractivity contribution is 0.198. The van der Waals surface area contributed by atoms with E-state index >= 15 is 0 Å². The van der Waals surface area contributed by atoms with Crippen LogP contribution in [0.4, 0.5) is 5.82 Å². The van der Waals surface area contributed by atoms with Gasteiger partial charge in [0.15, 0.2) is 11.5 Å². The van der Waals surface area contributed by atoms with Gasteiger partial charge in [0.05, 0.1) is 5.69 Å². The number of nitrogens with zero attached hydrogens (tertiary/aromatic N) is 8. The van der Waals surface area contributed by atoms with Gasteiger partial charge in [0.25, 0.3) is 0 Å². The van der Waals surface area contributed by atoms with Gasteiger partial charge in [-0.25, -0.2) is 0 Å². The maximum Gasteiger partial charge on any atom is 0.178 e. The summed E-state index contributed by atoms with van der Waals surface area (Å²) < 4.78 is 1.96. The molecule has 0 N–H and O–H groups in total. The summed E-state index contributed by atoms with van der Waals surface area (Å²) in [4.78, 5) is 4.73. The molecular formula is C18H22N8. The van der Waals surface area contributed by atoms with Crippen molar-refractivity contribution >= 4 is 11.5 Å². The third kappa shape index (κ3) is 2.90. The van der Waals surface area contributed by atoms with Crippen LogP contribution in [0.1, 0.15) is 36.7 Å². The van der Waals surface area contributed by atoms with E-state index < -0.39 is 0 Å². The molecule has 0 spiro atoms. The van der Waals surface area contributed by atoms with Gasteiger partial charge in [-0.3, -0.25) is 4.90 Å². The number of hydrogen-bond acceptors (Lipinski definition) is 7. The molecule has 0 unspecified atom stereocenters. The Balaban J connectivity index is 1.30. The highest BCUT2D eigenvalue weighted by Gasteiger charge is 2.26. The van der Waals surface area contributed by atoms with Gasteiger partial charge in [-0.2, -0.15) is 14.7 Å². The highest BCUT2D eigenvalue weighted by molar-refractivity contribution is 5.47. The van der Waals surface area contributed by atoms with Gasteiger partial charge in [0.1, 0.15) is 5.82 Å². The van der Waals surface area contributed by atoms with E-state index in [4.69, 9.17) is 5.10 Å². The largest absolute Gasteiger partial charge is 0.355 e. The summed E-state index contributed by atoms with van der Waals surface area (Å²) in [7, 11) is 0. The van der Waals surface area contributed by atoms with Crippen molar-refractivity contribution in [2.45, 2.75) is 31.7 Å². The van der Waals surface area contributed by atoms with E-state index in [0.29, 0.717) is 5.92 Å². The number of piperidine rings is 1. The molecule has 8 heteroatoms. The van der Waals surface area contributed by atoms with Gasteiger partial charge in [0.2, 0.25) is 0 Å². The zero-order valence-corrected chi connectivity index (χ0v) is 14.7. The third-order valence-electron chi connectivity index (χ3n) is 5.42. The maximum atomic E-state index is 4.80. The molecule has 0 radical (unpaired) electrons. The van der Waals surface area contributed by atoms with Gasteiger partial charge < -0.3 is 4.90 Å². The Morgan fingerprint density at radius 1 is 0.962 bits per heavy atom. The standard InChI is InChI=1S/C18H22N8/c1-3-15(20-19-8-1)13-24-11-6-14(7-12-24)18-22-21-16-4-5-17(23-26(16)18)25-9-2-10-25/h1,3-5,8,14H,2,6-7,9-13H2. The van der Waals surface area contributed by atoms with Gasteiger partial charge in [-0.15, -0.1) is 15.3 Å². The molecule has 0 bridgehead atoms. The molecule has 0 aromatic carbocycles. The summed E-state index contributed by atoms with van der Waals surface area (Å²) in [6, 6.07) is 8.06. The predicted molar refractivity (Wildman–Crippen MR) is 96.9 cm³/mol. The molecule has 2 saturated heterocycles. The Hall–Kier alpha value is -2.61. The van der Waals surface area contributed by atoms with Crippen LogP contribution in [-0.2, 0) is 6.54 Å². The predicted octanol–water partition coefficient (Wildman–Crippen LogP) is 1.50. The molecule has 5 rings (SSSR count). The highest BCUT2D eigenvalue weighted by atomic mass is 15.4. The minimum absolute atomic E-state index is 0.405. The fourth-order valence-electron chi connectivity index (χ4n) is 3.76. The van der Waals surface area contributed by atoms with E-state index in [1.54, 1.807) is 6.20 Å². The quantitative estimate of drug-likeness (QED) is 0.706. The molecule has 0 amide bonds. The highest BCUT2D eigenvalue weighted by Crippen LogP contribution is 2.28. The molecule has 134 valence electrons. The van der Waals surface area contributed by atoms with Crippen LogP contribution < -0.4 is 4.90 Å². The summed E-state index contributed by atoms with van der Waals surface area (Å²) in [6.07, 6.45) is 5.10. The normalized spacial score (nSPS) is 19.0. The number of rotatable bonds is 4. The van der Waals surface area contributed by atoms with E-state index in [9.17, 15) is 0 Å². The third-order valence-corrected chi connectivity index (χ3v) is 5.42. The average molecular weight is 350 g/mol. The van der Waals surface area contributed by atoms with Crippen molar-refractivity contribution < 1.29 is 0 Å². The van der Waals surface area contributed by atoms with Crippen molar-refractivity contribution in [1.82, 2.24) is 34.9 Å². The first kappa shape index (κ1) is 15.6. The molecule has 8 nitrogen and oxygen atoms in total. The molecule has 0 atom stereocenters. The van der Waals surface area contributed by atoms with Crippen molar-refractivity contribution in [1.29, 1.82) is 0 Å². The summed E-state index contributed by atoms with van der Waals surface area (Å²) in [6.45, 7) is 5.11. The van der Waals surface area contributed by atoms with E-state index in [1.807, 2.05) is 22.7 Å². The summed E-state index contributed by atoms with van der Waals surface area (Å²) in [5.41, 5.74) is 1.87. The van der Waals surface area contributed by atoms with Crippen molar-refractivity contribution in [3.8, 4) is 0 Å². The van der Waals surface area contributed by atoms with E-state index in [2.05, 4.69) is 36.3 Å². The lowest BCUT2D eigenvalue weighted by Crippen LogP contribution is -2.38. The molecule has 26 heavy (non-hydrogen) atoms. The Kier molecular flexibility index (Phi) is 3.97. The second-order valence-corrected chi connectivity index (χ2v) is 7.13. The zero-order valence-electron chi connectivity index (χ0n) is 14.7. The van der Waals surface area contributed by atoms with Gasteiger partial charge in [-0.1, -0.05) is 0 Å². The molecule has 0 aliphatic carbocycles. The fraction of sp³-hybridized carbons (Fsp3) is 0.500. The zero-order chi connectivity index (χ0) is 17.3. The molecule has 2 aliphatic heterocycles. The fourth-order valence-corrected chi connectivity index (χ4v) is 3.76. The molecule has 5 heterocycles. The minimum Gasteiger partial charge on any atom is -0.355 e. The molecule has 3 aromatic heterocycles. The van der Waals surface area contributed by atoms with E-state index in [0.717, 1.165) is 68.5 Å². The first-order valence-electron chi connectivity index (χ1n) is 9.33. The lowest BCUT2D eigenvalue weighted by Gasteiger charge is -2.32. The van der Waals surface area contributed by atoms with Crippen LogP contribution in [-0.4, -0.2) is 61.1 Å². The van der Waals surface area contributed by atoms with Crippen molar-refractivity contribution in [3.05, 3.63) is 42.0 Å². The Bertz CT molecular complexity index is 881. The van der Waals surface area contributed by atoms with Crippen LogP contribution in [0.3, 0.4) is 0 Å². The Morgan fingerprint density at radius 3 is 2.58 bits per heavy atom. The Labute approximate surface area is 151 Å². The van der Waals surface area contributed by atoms with E-state index in [1.165, 1.54) is 6.42 Å². The monoisotopic (exact) mass is 350 g/mol. The van der Waals surface area contributed by atoms with E-state index in [-0.39, 0.29) is 0 Å². The molecular weight excluding hydrogens is 328 g/mol. The van der Waals surface area contributed by atoms with Gasteiger partial charge in [0, 0.05) is 31.7 Å². The number of hydrogen-bond donors (Lipinski definition) is 0. The molecule has 3 aromatic rings. The number of anilines is 1. The second-order valence-electron chi connectivity index (χ2n) is 7.13. The van der Waals surface area contributed by atoms with Crippen LogP contribution in [0.2, 0.25) is 0 Å². The lowest BCUT2D eigenvalue weighted by atomic mass is 9.96. The number of aromatic nitrogens is 6. The van der Waals surface area contributed by atoms with Gasteiger partial charge >= 0.3 is 0 Å². The minimum atomic E-state index is 0.405. The second kappa shape index (κ2) is 6.60. The van der Waals surface area contributed by atoms with Crippen LogP contribution in [0, 0.1) is 0 Å². The summed E-state index contributed by atoms with van der Waals surface area (Å²) in [5.74, 6) is 2.44. The van der Waals surface area contributed by atoms with Crippen molar-refractivity contribution in [3.63, 3.8) is 0 Å². The molecule has 2 fully saturated rings. The van der Waals surface area contributed by atoms with Crippen LogP contribution in [0.15, 0.2) is 30.5 Å². The molecule has 0 saturated carbocycles. The summed E-state index contributed by atoms with van der Waals surface area (Å²) >= 11 is 0. The van der Waals surface area contributed by atoms with Crippen LogP contribution >= 0.6 is 0 Å². The first-order chi connectivity index (χ1) is 12.9. The first-order valence-corrected chi connectivity index (χ1v) is 9.33. The topological polar surface area (TPSA) is 75.3 Å². The smallest absolute Gasteiger partial charge is 0.178 e. The number of fused-ring (bicyclic) bond motifs is 1. The molecule has 2 aliphatic rings.